The van der Waals surface area contributed by atoms with Crippen molar-refractivity contribution in [3.05, 3.63) is 53.2 Å². The minimum absolute atomic E-state index is 0.00628. The molecular weight excluding hydrogens is 397 g/mol. The molecular formula is C18H19ClFN9. The molecule has 4 rings (SSSR count). The number of pyridine rings is 1. The minimum Gasteiger partial charge on any atom is -0.383 e. The Hall–Kier alpha value is -3.11. The summed E-state index contributed by atoms with van der Waals surface area (Å²) < 4.78 is 16.3. The van der Waals surface area contributed by atoms with Crippen LogP contribution in [0.5, 0.6) is 0 Å². The highest BCUT2D eigenvalue weighted by Crippen LogP contribution is 2.28. The van der Waals surface area contributed by atoms with Crippen molar-refractivity contribution in [1.29, 1.82) is 0 Å². The maximum atomic E-state index is 14.3. The maximum absolute atomic E-state index is 14.3. The Labute approximate surface area is 171 Å². The van der Waals surface area contributed by atoms with Gasteiger partial charge < -0.3 is 16.9 Å². The number of aromatic nitrogens is 3. The fourth-order valence-electron chi connectivity index (χ4n) is 3.06. The van der Waals surface area contributed by atoms with Crippen LogP contribution in [0.15, 0.2) is 63.0 Å². The topological polar surface area (TPSA) is 132 Å². The van der Waals surface area contributed by atoms with E-state index in [1.54, 1.807) is 24.5 Å². The molecule has 0 aromatic carbocycles. The number of nitrogen functional groups attached to an aromatic ring is 1. The van der Waals surface area contributed by atoms with Gasteiger partial charge in [-0.15, -0.1) is 5.11 Å². The van der Waals surface area contributed by atoms with Crippen molar-refractivity contribution in [2.45, 2.75) is 18.5 Å². The number of halogens is 2. The zero-order chi connectivity index (χ0) is 20.4. The number of hydrogen-bond acceptors (Lipinski definition) is 6. The average Bonchev–Trinajstić information content (AvgIpc) is 3.13. The first-order valence-corrected chi connectivity index (χ1v) is 9.36. The predicted molar refractivity (Wildman–Crippen MR) is 109 cm³/mol. The normalized spacial score (nSPS) is 20.5. The summed E-state index contributed by atoms with van der Waals surface area (Å²) in [5.41, 5.74) is 8.07. The summed E-state index contributed by atoms with van der Waals surface area (Å²) in [5.74, 6) is 4.95. The molecule has 29 heavy (non-hydrogen) atoms. The van der Waals surface area contributed by atoms with E-state index in [1.165, 1.54) is 6.08 Å². The van der Waals surface area contributed by atoms with Gasteiger partial charge in [-0.25, -0.2) is 9.37 Å². The van der Waals surface area contributed by atoms with Crippen molar-refractivity contribution >= 4 is 23.3 Å². The Morgan fingerprint density at radius 1 is 1.31 bits per heavy atom. The fourth-order valence-corrected chi connectivity index (χ4v) is 3.28. The van der Waals surface area contributed by atoms with Crippen molar-refractivity contribution in [3.8, 4) is 11.1 Å². The second-order valence-corrected chi connectivity index (χ2v) is 7.10. The van der Waals surface area contributed by atoms with E-state index in [4.69, 9.17) is 23.2 Å². The number of nitrogens with one attached hydrogen (secondary N) is 1. The van der Waals surface area contributed by atoms with Crippen LogP contribution in [-0.4, -0.2) is 39.7 Å². The van der Waals surface area contributed by atoms with E-state index in [1.807, 2.05) is 10.9 Å². The summed E-state index contributed by atoms with van der Waals surface area (Å²) in [6.45, 7) is 1.77. The second kappa shape index (κ2) is 8.10. The van der Waals surface area contributed by atoms with Gasteiger partial charge in [-0.05, 0) is 18.6 Å². The molecule has 0 radical (unpaired) electrons. The van der Waals surface area contributed by atoms with Crippen LogP contribution in [0.2, 0.25) is 0 Å². The van der Waals surface area contributed by atoms with Crippen LogP contribution in [0.1, 0.15) is 18.0 Å². The molecule has 1 aliphatic heterocycles. The lowest BCUT2D eigenvalue weighted by atomic mass is 10.1. The highest BCUT2D eigenvalue weighted by Gasteiger charge is 2.22. The molecule has 5 N–H and O–H groups in total. The number of rotatable bonds is 4. The van der Waals surface area contributed by atoms with Gasteiger partial charge in [0.25, 0.3) is 0 Å². The van der Waals surface area contributed by atoms with E-state index in [0.717, 1.165) is 24.2 Å². The number of allylic oxidation sites excluding steroid dienone is 2. The molecule has 1 unspecified atom stereocenters. The summed E-state index contributed by atoms with van der Waals surface area (Å²) in [5, 5.41) is 14.8. The first-order valence-electron chi connectivity index (χ1n) is 8.98. The smallest absolute Gasteiger partial charge is 0.183 e. The van der Waals surface area contributed by atoms with Gasteiger partial charge in [0, 0.05) is 36.6 Å². The molecule has 1 fully saturated rings. The lowest BCUT2D eigenvalue weighted by Gasteiger charge is -2.27. The number of anilines is 1. The van der Waals surface area contributed by atoms with Crippen molar-refractivity contribution in [2.24, 2.45) is 21.2 Å². The molecule has 3 heterocycles. The Morgan fingerprint density at radius 3 is 2.86 bits per heavy atom. The highest BCUT2D eigenvalue weighted by atomic mass is 35.5. The Morgan fingerprint density at radius 2 is 2.14 bits per heavy atom. The predicted octanol–water partition coefficient (Wildman–Crippen LogP) is 2.49. The molecule has 0 spiro atoms. The zero-order valence-corrected chi connectivity index (χ0v) is 16.1. The Kier molecular flexibility index (Phi) is 5.36. The van der Waals surface area contributed by atoms with E-state index in [-0.39, 0.29) is 16.7 Å². The van der Waals surface area contributed by atoms with E-state index < -0.39 is 11.9 Å². The number of amidine groups is 1. The van der Waals surface area contributed by atoms with Crippen molar-refractivity contribution in [2.75, 3.05) is 18.8 Å². The number of hydrogen-bond donors (Lipinski definition) is 3. The molecule has 1 saturated heterocycles. The Bertz CT molecular complexity index is 1040. The summed E-state index contributed by atoms with van der Waals surface area (Å²) in [7, 11) is 0. The number of nitrogens with zero attached hydrogens (tertiary/aromatic N) is 6. The van der Waals surface area contributed by atoms with Gasteiger partial charge in [0.2, 0.25) is 0 Å². The molecule has 9 nitrogen and oxygen atoms in total. The van der Waals surface area contributed by atoms with Crippen LogP contribution in [0, 0.1) is 0 Å². The molecule has 2 aliphatic rings. The number of aliphatic imine (C=N–C) groups is 1. The van der Waals surface area contributed by atoms with E-state index in [2.05, 4.69) is 30.7 Å². The summed E-state index contributed by atoms with van der Waals surface area (Å²) in [4.78, 5) is 8.57. The van der Waals surface area contributed by atoms with Crippen molar-refractivity contribution in [1.82, 2.24) is 20.1 Å². The van der Waals surface area contributed by atoms with Gasteiger partial charge in [0.1, 0.15) is 17.7 Å². The molecule has 2 aromatic heterocycles. The summed E-state index contributed by atoms with van der Waals surface area (Å²) in [6, 6.07) is 1.27. The first kappa shape index (κ1) is 19.2. The van der Waals surface area contributed by atoms with E-state index in [0.29, 0.717) is 18.0 Å². The van der Waals surface area contributed by atoms with Gasteiger partial charge in [0.05, 0.1) is 22.8 Å². The molecule has 150 valence electrons. The van der Waals surface area contributed by atoms with Crippen LogP contribution in [0.3, 0.4) is 0 Å². The summed E-state index contributed by atoms with van der Waals surface area (Å²) in [6.07, 6.45) is 8.90. The largest absolute Gasteiger partial charge is 0.383 e. The minimum atomic E-state index is -0.829. The fraction of sp³-hybridized carbons (Fsp3) is 0.278. The van der Waals surface area contributed by atoms with Crippen LogP contribution in [0.25, 0.3) is 11.1 Å². The van der Waals surface area contributed by atoms with Crippen molar-refractivity contribution < 1.29 is 4.39 Å². The number of nitrogens with two attached hydrogens (primary N) is 2. The molecule has 0 amide bonds. The average molecular weight is 416 g/mol. The van der Waals surface area contributed by atoms with Crippen molar-refractivity contribution in [3.63, 3.8) is 0 Å². The molecule has 0 saturated carbocycles. The van der Waals surface area contributed by atoms with Crippen LogP contribution >= 0.6 is 11.6 Å². The lowest BCUT2D eigenvalue weighted by molar-refractivity contribution is 0.318. The van der Waals surface area contributed by atoms with Crippen LogP contribution < -0.4 is 16.9 Å². The molecule has 2 aromatic rings. The van der Waals surface area contributed by atoms with Crippen LogP contribution in [0.4, 0.5) is 10.2 Å². The van der Waals surface area contributed by atoms with Gasteiger partial charge in [-0.3, -0.25) is 9.67 Å². The highest BCUT2D eigenvalue weighted by molar-refractivity contribution is 6.31. The lowest BCUT2D eigenvalue weighted by Crippen LogP contribution is -2.43. The third kappa shape index (κ3) is 3.89. The molecule has 1 aliphatic carbocycles. The molecule has 1 atom stereocenters. The quantitative estimate of drug-likeness (QED) is 0.232. The van der Waals surface area contributed by atoms with Gasteiger partial charge in [0.15, 0.2) is 5.84 Å². The zero-order valence-electron chi connectivity index (χ0n) is 15.3. The third-order valence-electron chi connectivity index (χ3n) is 4.80. The van der Waals surface area contributed by atoms with Gasteiger partial charge >= 0.3 is 0 Å². The standard InChI is InChI=1S/C18H19ClFN9/c19-14-2-1-3-15(16(14)20)26-18(27-28-22)13-4-10(5-24-17(13)21)11-6-25-29(9-11)12-7-23-8-12/h1-2,4-6,9,12,15,23H,3,7-8H2,(H2,21,24)(H2,22,26,27). The SMILES string of the molecule is NN=NC(=NC1CC=CC(Cl)=C1F)c1cc(-c2cnn(C3CNC3)c2)cnc1N. The van der Waals surface area contributed by atoms with Gasteiger partial charge in [-0.2, -0.15) is 5.10 Å². The first-order chi connectivity index (χ1) is 14.1. The third-order valence-corrected chi connectivity index (χ3v) is 5.11. The second-order valence-electron chi connectivity index (χ2n) is 6.70. The van der Waals surface area contributed by atoms with Crippen LogP contribution in [-0.2, 0) is 0 Å². The van der Waals surface area contributed by atoms with E-state index in [9.17, 15) is 4.39 Å². The molecule has 0 bridgehead atoms. The summed E-state index contributed by atoms with van der Waals surface area (Å²) >= 11 is 5.87. The molecule has 11 heteroatoms. The maximum Gasteiger partial charge on any atom is 0.183 e. The van der Waals surface area contributed by atoms with E-state index >= 15 is 0 Å². The Balaban J connectivity index is 1.70. The van der Waals surface area contributed by atoms with Gasteiger partial charge in [-0.1, -0.05) is 22.9 Å². The monoisotopic (exact) mass is 415 g/mol.